The van der Waals surface area contributed by atoms with Crippen LogP contribution in [0.1, 0.15) is 45.7 Å². The standard InChI is InChI=1S/C17H28N4O/c1-16(2,3)14-5-6-15(20-19-14)21-10-13(11-21)9-18-12-17(22)7-4-8-17/h5-6,13,18,22H,4,7-12H2,1-3H3. The quantitative estimate of drug-likeness (QED) is 0.867. The fraction of sp³-hybridized carbons (Fsp3) is 0.765. The molecule has 0 atom stereocenters. The molecule has 0 bridgehead atoms. The molecule has 1 aromatic heterocycles. The van der Waals surface area contributed by atoms with E-state index in [9.17, 15) is 5.11 Å². The highest BCUT2D eigenvalue weighted by molar-refractivity contribution is 5.41. The first kappa shape index (κ1) is 15.7. The van der Waals surface area contributed by atoms with E-state index in [1.165, 1.54) is 6.42 Å². The molecule has 2 N–H and O–H groups in total. The van der Waals surface area contributed by atoms with Crippen molar-refractivity contribution in [2.45, 2.75) is 51.0 Å². The molecule has 1 aromatic rings. The number of aromatic nitrogens is 2. The average molecular weight is 304 g/mol. The van der Waals surface area contributed by atoms with Gasteiger partial charge in [-0.3, -0.25) is 0 Å². The van der Waals surface area contributed by atoms with Crippen LogP contribution in [-0.2, 0) is 5.41 Å². The molecule has 0 radical (unpaired) electrons. The first-order valence-electron chi connectivity index (χ1n) is 8.38. The van der Waals surface area contributed by atoms with Crippen LogP contribution in [0.25, 0.3) is 0 Å². The van der Waals surface area contributed by atoms with Crippen molar-refractivity contribution in [1.82, 2.24) is 15.5 Å². The number of nitrogens with zero attached hydrogens (tertiary/aromatic N) is 3. The molecule has 0 aromatic carbocycles. The van der Waals surface area contributed by atoms with E-state index in [0.717, 1.165) is 50.5 Å². The first-order valence-corrected chi connectivity index (χ1v) is 8.38. The second-order valence-corrected chi connectivity index (χ2v) is 8.01. The number of hydrogen-bond acceptors (Lipinski definition) is 5. The van der Waals surface area contributed by atoms with Crippen LogP contribution in [-0.4, -0.2) is 47.1 Å². The van der Waals surface area contributed by atoms with Gasteiger partial charge in [0.15, 0.2) is 5.82 Å². The largest absolute Gasteiger partial charge is 0.389 e. The molecule has 2 heterocycles. The number of hydrogen-bond donors (Lipinski definition) is 2. The van der Waals surface area contributed by atoms with E-state index in [0.29, 0.717) is 5.92 Å². The number of nitrogens with one attached hydrogen (secondary N) is 1. The summed E-state index contributed by atoms with van der Waals surface area (Å²) < 4.78 is 0. The Morgan fingerprint density at radius 3 is 2.50 bits per heavy atom. The van der Waals surface area contributed by atoms with Gasteiger partial charge in [0.1, 0.15) is 0 Å². The summed E-state index contributed by atoms with van der Waals surface area (Å²) in [7, 11) is 0. The Balaban J connectivity index is 1.41. The van der Waals surface area contributed by atoms with Gasteiger partial charge in [0.2, 0.25) is 0 Å². The van der Waals surface area contributed by atoms with Gasteiger partial charge in [0.25, 0.3) is 0 Å². The van der Waals surface area contributed by atoms with Crippen LogP contribution in [0.15, 0.2) is 12.1 Å². The van der Waals surface area contributed by atoms with Gasteiger partial charge in [-0.05, 0) is 31.4 Å². The molecule has 2 fully saturated rings. The summed E-state index contributed by atoms with van der Waals surface area (Å²) in [5.41, 5.74) is 0.663. The Hall–Kier alpha value is -1.20. The summed E-state index contributed by atoms with van der Waals surface area (Å²) in [5, 5.41) is 22.2. The second kappa shape index (κ2) is 5.78. The Morgan fingerprint density at radius 1 is 1.27 bits per heavy atom. The minimum Gasteiger partial charge on any atom is -0.389 e. The highest BCUT2D eigenvalue weighted by atomic mass is 16.3. The Kier molecular flexibility index (Phi) is 4.12. The SMILES string of the molecule is CC(C)(C)c1ccc(N2CC(CNCC3(O)CCC3)C2)nn1. The molecule has 0 spiro atoms. The zero-order valence-electron chi connectivity index (χ0n) is 14.0. The second-order valence-electron chi connectivity index (χ2n) is 8.01. The van der Waals surface area contributed by atoms with Crippen molar-refractivity contribution in [3.63, 3.8) is 0 Å². The zero-order valence-corrected chi connectivity index (χ0v) is 14.0. The molecule has 1 aliphatic carbocycles. The minimum absolute atomic E-state index is 0.0503. The predicted octanol–water partition coefficient (Wildman–Crippen LogP) is 1.71. The van der Waals surface area contributed by atoms with E-state index in [1.54, 1.807) is 0 Å². The third kappa shape index (κ3) is 3.41. The normalized spacial score (nSPS) is 21.4. The smallest absolute Gasteiger partial charge is 0.151 e. The molecular weight excluding hydrogens is 276 g/mol. The molecule has 22 heavy (non-hydrogen) atoms. The summed E-state index contributed by atoms with van der Waals surface area (Å²) in [6.45, 7) is 10.2. The maximum atomic E-state index is 10.0. The van der Waals surface area contributed by atoms with Crippen LogP contribution >= 0.6 is 0 Å². The average Bonchev–Trinajstić information content (AvgIpc) is 2.38. The lowest BCUT2D eigenvalue weighted by atomic mass is 9.80. The van der Waals surface area contributed by atoms with Crippen molar-refractivity contribution < 1.29 is 5.11 Å². The van der Waals surface area contributed by atoms with Crippen LogP contribution in [0.5, 0.6) is 0 Å². The maximum Gasteiger partial charge on any atom is 0.151 e. The third-order valence-electron chi connectivity index (χ3n) is 4.87. The van der Waals surface area contributed by atoms with Gasteiger partial charge in [-0.25, -0.2) is 0 Å². The molecule has 122 valence electrons. The van der Waals surface area contributed by atoms with Crippen LogP contribution in [0.2, 0.25) is 0 Å². The molecule has 1 saturated carbocycles. The van der Waals surface area contributed by atoms with Crippen molar-refractivity contribution in [3.05, 3.63) is 17.8 Å². The van der Waals surface area contributed by atoms with Crippen molar-refractivity contribution >= 4 is 5.82 Å². The summed E-state index contributed by atoms with van der Waals surface area (Å²) >= 11 is 0. The fourth-order valence-corrected chi connectivity index (χ4v) is 3.05. The van der Waals surface area contributed by atoms with E-state index in [4.69, 9.17) is 0 Å². The molecule has 3 rings (SSSR count). The number of anilines is 1. The molecule has 5 heteroatoms. The van der Waals surface area contributed by atoms with Gasteiger partial charge in [-0.15, -0.1) is 5.10 Å². The topological polar surface area (TPSA) is 61.3 Å². The molecule has 1 aliphatic heterocycles. The van der Waals surface area contributed by atoms with Crippen molar-refractivity contribution in [3.8, 4) is 0 Å². The van der Waals surface area contributed by atoms with Crippen LogP contribution in [0, 0.1) is 5.92 Å². The zero-order chi connectivity index (χ0) is 15.8. The van der Waals surface area contributed by atoms with Gasteiger partial charge < -0.3 is 15.3 Å². The summed E-state index contributed by atoms with van der Waals surface area (Å²) in [6, 6.07) is 4.16. The summed E-state index contributed by atoms with van der Waals surface area (Å²) in [6.07, 6.45) is 3.07. The monoisotopic (exact) mass is 304 g/mol. The van der Waals surface area contributed by atoms with Crippen LogP contribution in [0.3, 0.4) is 0 Å². The minimum atomic E-state index is -0.419. The van der Waals surface area contributed by atoms with Gasteiger partial charge in [0, 0.05) is 37.5 Å². The highest BCUT2D eigenvalue weighted by Gasteiger charge is 2.34. The van der Waals surface area contributed by atoms with E-state index in [1.807, 2.05) is 0 Å². The van der Waals surface area contributed by atoms with Gasteiger partial charge >= 0.3 is 0 Å². The molecule has 1 saturated heterocycles. The number of rotatable bonds is 5. The van der Waals surface area contributed by atoms with E-state index >= 15 is 0 Å². The molecule has 0 unspecified atom stereocenters. The van der Waals surface area contributed by atoms with Gasteiger partial charge in [-0.1, -0.05) is 20.8 Å². The van der Waals surface area contributed by atoms with Gasteiger partial charge in [0.05, 0.1) is 11.3 Å². The molecular formula is C17H28N4O. The number of aliphatic hydroxyl groups is 1. The Bertz CT molecular complexity index is 498. The third-order valence-corrected chi connectivity index (χ3v) is 4.87. The van der Waals surface area contributed by atoms with E-state index in [2.05, 4.69) is 53.3 Å². The maximum absolute atomic E-state index is 10.0. The van der Waals surface area contributed by atoms with Crippen LogP contribution in [0.4, 0.5) is 5.82 Å². The predicted molar refractivity (Wildman–Crippen MR) is 88.1 cm³/mol. The van der Waals surface area contributed by atoms with Gasteiger partial charge in [-0.2, -0.15) is 5.10 Å². The molecule has 5 nitrogen and oxygen atoms in total. The fourth-order valence-electron chi connectivity index (χ4n) is 3.05. The lowest BCUT2D eigenvalue weighted by molar-refractivity contribution is -0.0318. The highest BCUT2D eigenvalue weighted by Crippen LogP contribution is 2.31. The summed E-state index contributed by atoms with van der Waals surface area (Å²) in [5.74, 6) is 1.62. The van der Waals surface area contributed by atoms with Crippen LogP contribution < -0.4 is 10.2 Å². The molecule has 2 aliphatic rings. The van der Waals surface area contributed by atoms with E-state index in [-0.39, 0.29) is 5.41 Å². The van der Waals surface area contributed by atoms with Crippen molar-refractivity contribution in [2.75, 3.05) is 31.1 Å². The summed E-state index contributed by atoms with van der Waals surface area (Å²) in [4.78, 5) is 2.27. The Morgan fingerprint density at radius 2 is 2.00 bits per heavy atom. The molecule has 0 amide bonds. The van der Waals surface area contributed by atoms with E-state index < -0.39 is 5.60 Å². The van der Waals surface area contributed by atoms with Crippen molar-refractivity contribution in [1.29, 1.82) is 0 Å². The Labute approximate surface area is 133 Å². The van der Waals surface area contributed by atoms with Crippen molar-refractivity contribution in [2.24, 2.45) is 5.92 Å². The first-order chi connectivity index (χ1) is 10.4. The lowest BCUT2D eigenvalue weighted by Crippen LogP contribution is -2.54. The lowest BCUT2D eigenvalue weighted by Gasteiger charge is -2.41.